The van der Waals surface area contributed by atoms with E-state index in [2.05, 4.69) is 34.5 Å². The second kappa shape index (κ2) is 6.83. The van der Waals surface area contributed by atoms with Crippen molar-refractivity contribution < 1.29 is 4.39 Å². The van der Waals surface area contributed by atoms with Crippen LogP contribution in [0, 0.1) is 5.82 Å². The minimum Gasteiger partial charge on any atom is -0.354 e. The third-order valence-electron chi connectivity index (χ3n) is 2.48. The number of guanidine groups is 1. The van der Waals surface area contributed by atoms with E-state index >= 15 is 0 Å². The molecule has 0 radical (unpaired) electrons. The molecule has 1 heterocycles. The molecular weight excluding hydrogens is 219 g/mol. The number of hydrogen-bond donors (Lipinski definition) is 2. The van der Waals surface area contributed by atoms with Gasteiger partial charge in [0, 0.05) is 19.3 Å². The molecule has 1 unspecified atom stereocenters. The third-order valence-corrected chi connectivity index (χ3v) is 2.48. The van der Waals surface area contributed by atoms with Crippen molar-refractivity contribution in [2.24, 2.45) is 4.99 Å². The van der Waals surface area contributed by atoms with Crippen LogP contribution in [-0.4, -0.2) is 24.0 Å². The molecule has 0 aromatic carbocycles. The van der Waals surface area contributed by atoms with Crippen LogP contribution >= 0.6 is 0 Å². The van der Waals surface area contributed by atoms with Gasteiger partial charge in [-0.3, -0.25) is 9.98 Å². The van der Waals surface area contributed by atoms with Crippen LogP contribution in [0.25, 0.3) is 0 Å². The molecule has 0 saturated carbocycles. The summed E-state index contributed by atoms with van der Waals surface area (Å²) in [5.41, 5.74) is 0.389. The quantitative estimate of drug-likeness (QED) is 0.620. The average Bonchev–Trinajstić information content (AvgIpc) is 2.35. The summed E-state index contributed by atoms with van der Waals surface area (Å²) < 4.78 is 13.3. The van der Waals surface area contributed by atoms with Crippen LogP contribution in [0.3, 0.4) is 0 Å². The summed E-state index contributed by atoms with van der Waals surface area (Å²) in [7, 11) is 1.69. The van der Waals surface area contributed by atoms with Crippen molar-refractivity contribution in [2.75, 3.05) is 7.05 Å². The lowest BCUT2D eigenvalue weighted by molar-refractivity contribution is 0.586. The van der Waals surface area contributed by atoms with Crippen molar-refractivity contribution in [3.05, 3.63) is 29.8 Å². The highest BCUT2D eigenvalue weighted by atomic mass is 19.1. The number of halogens is 1. The van der Waals surface area contributed by atoms with Crippen molar-refractivity contribution >= 4 is 5.96 Å². The Hall–Kier alpha value is -1.65. The summed E-state index contributed by atoms with van der Waals surface area (Å²) in [4.78, 5) is 8.03. The van der Waals surface area contributed by atoms with Crippen molar-refractivity contribution in [1.82, 2.24) is 15.6 Å². The molecule has 0 bridgehead atoms. The van der Waals surface area contributed by atoms with E-state index in [-0.39, 0.29) is 5.82 Å². The standard InChI is InChI=1S/C12H19FN4/c1-4-9(2)17-12(14-3)16-8-11-10(13)6-5-7-15-11/h5-7,9H,4,8H2,1-3H3,(H2,14,16,17). The van der Waals surface area contributed by atoms with Crippen molar-refractivity contribution in [3.63, 3.8) is 0 Å². The molecule has 1 atom stereocenters. The average molecular weight is 238 g/mol. The van der Waals surface area contributed by atoms with E-state index in [0.29, 0.717) is 24.2 Å². The van der Waals surface area contributed by atoms with E-state index in [9.17, 15) is 4.39 Å². The molecule has 1 rings (SSSR count). The number of hydrogen-bond acceptors (Lipinski definition) is 2. The molecule has 0 aliphatic heterocycles. The summed E-state index contributed by atoms with van der Waals surface area (Å²) >= 11 is 0. The van der Waals surface area contributed by atoms with E-state index in [1.54, 1.807) is 19.3 Å². The molecule has 0 spiro atoms. The normalized spacial score (nSPS) is 13.3. The zero-order chi connectivity index (χ0) is 12.7. The zero-order valence-electron chi connectivity index (χ0n) is 10.5. The first kappa shape index (κ1) is 13.4. The van der Waals surface area contributed by atoms with Gasteiger partial charge in [-0.25, -0.2) is 4.39 Å². The fourth-order valence-corrected chi connectivity index (χ4v) is 1.25. The summed E-state index contributed by atoms with van der Waals surface area (Å²) in [6, 6.07) is 3.30. The van der Waals surface area contributed by atoms with E-state index in [1.165, 1.54) is 6.07 Å². The number of pyridine rings is 1. The Labute approximate surface area is 101 Å². The fraction of sp³-hybridized carbons (Fsp3) is 0.500. The molecule has 0 aliphatic rings. The molecule has 2 N–H and O–H groups in total. The molecule has 1 aromatic heterocycles. The molecule has 5 heteroatoms. The molecule has 17 heavy (non-hydrogen) atoms. The zero-order valence-corrected chi connectivity index (χ0v) is 10.5. The predicted molar refractivity (Wildman–Crippen MR) is 67.3 cm³/mol. The second-order valence-electron chi connectivity index (χ2n) is 3.81. The lowest BCUT2D eigenvalue weighted by Gasteiger charge is -2.16. The first-order chi connectivity index (χ1) is 8.17. The molecule has 0 fully saturated rings. The van der Waals surface area contributed by atoms with Crippen LogP contribution < -0.4 is 10.6 Å². The van der Waals surface area contributed by atoms with Crippen molar-refractivity contribution in [1.29, 1.82) is 0 Å². The van der Waals surface area contributed by atoms with Gasteiger partial charge in [-0.15, -0.1) is 0 Å². The largest absolute Gasteiger partial charge is 0.354 e. The van der Waals surface area contributed by atoms with Crippen LogP contribution in [0.15, 0.2) is 23.3 Å². The van der Waals surface area contributed by atoms with E-state index in [4.69, 9.17) is 0 Å². The highest BCUT2D eigenvalue weighted by molar-refractivity contribution is 5.79. The Morgan fingerprint density at radius 3 is 2.94 bits per heavy atom. The van der Waals surface area contributed by atoms with Gasteiger partial charge in [-0.2, -0.15) is 0 Å². The number of aromatic nitrogens is 1. The van der Waals surface area contributed by atoms with Gasteiger partial charge in [0.15, 0.2) is 5.96 Å². The van der Waals surface area contributed by atoms with Crippen LogP contribution in [0.1, 0.15) is 26.0 Å². The lowest BCUT2D eigenvalue weighted by Crippen LogP contribution is -2.41. The van der Waals surface area contributed by atoms with Gasteiger partial charge in [0.1, 0.15) is 5.82 Å². The highest BCUT2D eigenvalue weighted by Crippen LogP contribution is 2.01. The molecule has 0 aliphatic carbocycles. The molecule has 0 saturated heterocycles. The van der Waals surface area contributed by atoms with Crippen LogP contribution in [0.2, 0.25) is 0 Å². The number of nitrogens with one attached hydrogen (secondary N) is 2. The summed E-state index contributed by atoms with van der Waals surface area (Å²) in [5, 5.41) is 6.22. The Morgan fingerprint density at radius 1 is 1.59 bits per heavy atom. The summed E-state index contributed by atoms with van der Waals surface area (Å²) in [5.74, 6) is 0.350. The van der Waals surface area contributed by atoms with Crippen molar-refractivity contribution in [2.45, 2.75) is 32.9 Å². The van der Waals surface area contributed by atoms with Gasteiger partial charge in [-0.05, 0) is 25.5 Å². The van der Waals surface area contributed by atoms with Gasteiger partial charge < -0.3 is 10.6 Å². The number of rotatable bonds is 4. The maximum atomic E-state index is 13.3. The summed E-state index contributed by atoms with van der Waals surface area (Å²) in [6.45, 7) is 4.47. The van der Waals surface area contributed by atoms with E-state index < -0.39 is 0 Å². The van der Waals surface area contributed by atoms with E-state index in [1.807, 2.05) is 0 Å². The maximum absolute atomic E-state index is 13.3. The smallest absolute Gasteiger partial charge is 0.191 e. The lowest BCUT2D eigenvalue weighted by atomic mass is 10.3. The van der Waals surface area contributed by atoms with Gasteiger partial charge in [0.25, 0.3) is 0 Å². The number of aliphatic imine (C=N–C) groups is 1. The highest BCUT2D eigenvalue weighted by Gasteiger charge is 2.05. The Morgan fingerprint density at radius 2 is 2.35 bits per heavy atom. The molecular formula is C12H19FN4. The summed E-state index contributed by atoms with van der Waals surface area (Å²) in [6.07, 6.45) is 2.57. The molecule has 4 nitrogen and oxygen atoms in total. The number of nitrogens with zero attached hydrogens (tertiary/aromatic N) is 2. The van der Waals surface area contributed by atoms with Crippen LogP contribution in [0.4, 0.5) is 4.39 Å². The monoisotopic (exact) mass is 238 g/mol. The Kier molecular flexibility index (Phi) is 5.39. The predicted octanol–water partition coefficient (Wildman–Crippen LogP) is 1.68. The third kappa shape index (κ3) is 4.38. The fourth-order valence-electron chi connectivity index (χ4n) is 1.25. The maximum Gasteiger partial charge on any atom is 0.191 e. The van der Waals surface area contributed by atoms with Gasteiger partial charge >= 0.3 is 0 Å². The van der Waals surface area contributed by atoms with Crippen LogP contribution in [-0.2, 0) is 6.54 Å². The van der Waals surface area contributed by atoms with Crippen molar-refractivity contribution in [3.8, 4) is 0 Å². The first-order valence-electron chi connectivity index (χ1n) is 5.74. The molecule has 0 amide bonds. The van der Waals surface area contributed by atoms with Gasteiger partial charge in [0.2, 0.25) is 0 Å². The SMILES string of the molecule is CCC(C)NC(=NC)NCc1ncccc1F. The second-order valence-corrected chi connectivity index (χ2v) is 3.81. The van der Waals surface area contributed by atoms with Gasteiger partial charge in [-0.1, -0.05) is 6.92 Å². The Balaban J connectivity index is 2.52. The molecule has 94 valence electrons. The van der Waals surface area contributed by atoms with Gasteiger partial charge in [0.05, 0.1) is 12.2 Å². The minimum atomic E-state index is -0.306. The first-order valence-corrected chi connectivity index (χ1v) is 5.74. The van der Waals surface area contributed by atoms with Crippen LogP contribution in [0.5, 0.6) is 0 Å². The molecule has 1 aromatic rings. The Bertz CT molecular complexity index is 379. The van der Waals surface area contributed by atoms with E-state index in [0.717, 1.165) is 6.42 Å². The topological polar surface area (TPSA) is 49.3 Å². The minimum absolute atomic E-state index is 0.306.